The van der Waals surface area contributed by atoms with Crippen molar-refractivity contribution in [1.82, 2.24) is 5.32 Å². The van der Waals surface area contributed by atoms with Gasteiger partial charge in [0.1, 0.15) is 0 Å². The van der Waals surface area contributed by atoms with Gasteiger partial charge in [-0.1, -0.05) is 12.8 Å². The lowest BCUT2D eigenvalue weighted by molar-refractivity contribution is -0.125. The zero-order valence-electron chi connectivity index (χ0n) is 14.6. The molecule has 1 aliphatic carbocycles. The van der Waals surface area contributed by atoms with Crippen LogP contribution in [0.3, 0.4) is 0 Å². The lowest BCUT2D eigenvalue weighted by atomic mass is 10.0. The maximum Gasteiger partial charge on any atom is 0.226 e. The number of benzene rings is 1. The smallest absolute Gasteiger partial charge is 0.226 e. The van der Waals surface area contributed by atoms with E-state index in [-0.39, 0.29) is 36.0 Å². The second kappa shape index (κ2) is 8.08. The fourth-order valence-electron chi connectivity index (χ4n) is 3.23. The van der Waals surface area contributed by atoms with Crippen LogP contribution in [0.2, 0.25) is 0 Å². The Kier molecular flexibility index (Phi) is 6.12. The van der Waals surface area contributed by atoms with E-state index in [1.807, 2.05) is 13.8 Å². The van der Waals surface area contributed by atoms with Crippen molar-refractivity contribution in [2.75, 3.05) is 5.32 Å². The van der Waals surface area contributed by atoms with Crippen molar-refractivity contribution in [3.8, 4) is 0 Å². The Morgan fingerprint density at radius 2 is 1.88 bits per heavy atom. The van der Waals surface area contributed by atoms with Crippen LogP contribution in [0.1, 0.15) is 61.9 Å². The first-order valence-corrected chi connectivity index (χ1v) is 8.58. The molecule has 1 atom stereocenters. The van der Waals surface area contributed by atoms with Crippen LogP contribution in [0.15, 0.2) is 18.2 Å². The van der Waals surface area contributed by atoms with Crippen molar-refractivity contribution in [3.05, 3.63) is 29.3 Å². The zero-order chi connectivity index (χ0) is 17.7. The third-order valence-electron chi connectivity index (χ3n) is 4.50. The van der Waals surface area contributed by atoms with Gasteiger partial charge in [0.15, 0.2) is 5.78 Å². The number of nitrogens with one attached hydrogen (secondary N) is 2. The van der Waals surface area contributed by atoms with Gasteiger partial charge in [-0.3, -0.25) is 14.4 Å². The molecule has 2 rings (SSSR count). The Morgan fingerprint density at radius 1 is 1.21 bits per heavy atom. The summed E-state index contributed by atoms with van der Waals surface area (Å²) in [6, 6.07) is 5.04. The number of anilines is 1. The molecule has 1 aromatic carbocycles. The Morgan fingerprint density at radius 3 is 2.46 bits per heavy atom. The second-order valence-corrected chi connectivity index (χ2v) is 6.73. The fourth-order valence-corrected chi connectivity index (χ4v) is 3.23. The number of aryl methyl sites for hydroxylation is 1. The van der Waals surface area contributed by atoms with Crippen molar-refractivity contribution < 1.29 is 14.4 Å². The van der Waals surface area contributed by atoms with Crippen molar-refractivity contribution in [3.63, 3.8) is 0 Å². The normalized spacial score (nSPS) is 15.8. The molecule has 0 unspecified atom stereocenters. The molecule has 2 amide bonds. The minimum Gasteiger partial charge on any atom is -0.353 e. The Balaban J connectivity index is 1.85. The Bertz CT molecular complexity index is 633. The molecule has 24 heavy (non-hydrogen) atoms. The molecule has 0 heterocycles. The first-order chi connectivity index (χ1) is 11.4. The predicted octanol–water partition coefficient (Wildman–Crippen LogP) is 3.22. The summed E-state index contributed by atoms with van der Waals surface area (Å²) in [5, 5.41) is 5.75. The maximum atomic E-state index is 12.1. The molecule has 130 valence electrons. The highest BCUT2D eigenvalue weighted by Gasteiger charge is 2.24. The summed E-state index contributed by atoms with van der Waals surface area (Å²) in [6.45, 7) is 5.21. The van der Waals surface area contributed by atoms with Gasteiger partial charge in [-0.05, 0) is 57.4 Å². The van der Waals surface area contributed by atoms with E-state index in [1.165, 1.54) is 6.92 Å². The summed E-state index contributed by atoms with van der Waals surface area (Å²) in [5.74, 6) is 0.0320. The fraction of sp³-hybridized carbons (Fsp3) is 0.526. The molecule has 0 saturated heterocycles. The molecule has 0 radical (unpaired) electrons. The van der Waals surface area contributed by atoms with Crippen LogP contribution in [0.5, 0.6) is 0 Å². The number of ketones is 1. The molecule has 1 saturated carbocycles. The number of hydrogen-bond donors (Lipinski definition) is 2. The number of carbonyl (C=O) groups excluding carboxylic acids is 3. The molecule has 0 spiro atoms. The SMILES string of the molecule is CC(=O)c1ccc(NC(=O)C[C@H](C)NC(=O)C2CCCC2)cc1C. The van der Waals surface area contributed by atoms with Gasteiger partial charge in [-0.25, -0.2) is 0 Å². The van der Waals surface area contributed by atoms with Crippen molar-refractivity contribution in [2.45, 2.75) is 58.9 Å². The molecule has 1 fully saturated rings. The molecule has 0 aliphatic heterocycles. The third kappa shape index (κ3) is 4.91. The highest BCUT2D eigenvalue weighted by Crippen LogP contribution is 2.24. The van der Waals surface area contributed by atoms with Crippen molar-refractivity contribution >= 4 is 23.3 Å². The number of amides is 2. The lowest BCUT2D eigenvalue weighted by Gasteiger charge is -2.17. The summed E-state index contributed by atoms with van der Waals surface area (Å²) < 4.78 is 0. The summed E-state index contributed by atoms with van der Waals surface area (Å²) in [6.07, 6.45) is 4.36. The summed E-state index contributed by atoms with van der Waals surface area (Å²) in [7, 11) is 0. The molecule has 1 aliphatic rings. The molecular formula is C19H26N2O3. The van der Waals surface area contributed by atoms with Crippen LogP contribution in [0.4, 0.5) is 5.69 Å². The highest BCUT2D eigenvalue weighted by molar-refractivity contribution is 5.97. The first kappa shape index (κ1) is 18.2. The molecule has 5 nitrogen and oxygen atoms in total. The predicted molar refractivity (Wildman–Crippen MR) is 94.0 cm³/mol. The van der Waals surface area contributed by atoms with Crippen LogP contribution in [-0.4, -0.2) is 23.6 Å². The Hall–Kier alpha value is -2.17. The molecule has 0 aromatic heterocycles. The Labute approximate surface area is 143 Å². The molecule has 0 bridgehead atoms. The van der Waals surface area contributed by atoms with Crippen LogP contribution in [0, 0.1) is 12.8 Å². The number of carbonyl (C=O) groups is 3. The molecule has 5 heteroatoms. The van der Waals surface area contributed by atoms with Crippen LogP contribution >= 0.6 is 0 Å². The average Bonchev–Trinajstić information content (AvgIpc) is 3.00. The van der Waals surface area contributed by atoms with Crippen LogP contribution in [0.25, 0.3) is 0 Å². The standard InChI is InChI=1S/C19H26N2O3/c1-12-10-16(8-9-17(12)14(3)22)21-18(23)11-13(2)20-19(24)15-6-4-5-7-15/h8-10,13,15H,4-7,11H2,1-3H3,(H,20,24)(H,21,23)/t13-/m0/s1. The summed E-state index contributed by atoms with van der Waals surface area (Å²) >= 11 is 0. The number of rotatable bonds is 6. The van der Waals surface area contributed by atoms with Gasteiger partial charge in [0, 0.05) is 29.6 Å². The van der Waals surface area contributed by atoms with Gasteiger partial charge >= 0.3 is 0 Å². The maximum absolute atomic E-state index is 12.1. The average molecular weight is 330 g/mol. The van der Waals surface area contributed by atoms with Crippen LogP contribution in [-0.2, 0) is 9.59 Å². The quantitative estimate of drug-likeness (QED) is 0.786. The molecule has 2 N–H and O–H groups in total. The minimum atomic E-state index is -0.198. The number of Topliss-reactive ketones (excluding diaryl/α,β-unsaturated/α-hetero) is 1. The van der Waals surface area contributed by atoms with Crippen LogP contribution < -0.4 is 10.6 Å². The second-order valence-electron chi connectivity index (χ2n) is 6.73. The van der Waals surface area contributed by atoms with Crippen molar-refractivity contribution in [2.24, 2.45) is 5.92 Å². The van der Waals surface area contributed by atoms with Crippen molar-refractivity contribution in [1.29, 1.82) is 0 Å². The van der Waals surface area contributed by atoms with E-state index >= 15 is 0 Å². The minimum absolute atomic E-state index is 0.00799. The van der Waals surface area contributed by atoms with E-state index in [2.05, 4.69) is 10.6 Å². The largest absolute Gasteiger partial charge is 0.353 e. The van der Waals surface area contributed by atoms with E-state index in [1.54, 1.807) is 18.2 Å². The molecular weight excluding hydrogens is 304 g/mol. The first-order valence-electron chi connectivity index (χ1n) is 8.58. The molecule has 1 aromatic rings. The lowest BCUT2D eigenvalue weighted by Crippen LogP contribution is -2.38. The third-order valence-corrected chi connectivity index (χ3v) is 4.50. The van der Waals surface area contributed by atoms with Gasteiger partial charge in [0.25, 0.3) is 0 Å². The van der Waals surface area contributed by atoms with Gasteiger partial charge in [-0.15, -0.1) is 0 Å². The van der Waals surface area contributed by atoms with E-state index in [9.17, 15) is 14.4 Å². The zero-order valence-corrected chi connectivity index (χ0v) is 14.6. The monoisotopic (exact) mass is 330 g/mol. The van der Waals surface area contributed by atoms with E-state index in [0.717, 1.165) is 31.2 Å². The van der Waals surface area contributed by atoms with Gasteiger partial charge in [-0.2, -0.15) is 0 Å². The highest BCUT2D eigenvalue weighted by atomic mass is 16.2. The van der Waals surface area contributed by atoms with E-state index < -0.39 is 0 Å². The summed E-state index contributed by atoms with van der Waals surface area (Å²) in [4.78, 5) is 35.6. The van der Waals surface area contributed by atoms with E-state index in [4.69, 9.17) is 0 Å². The topological polar surface area (TPSA) is 75.3 Å². The number of hydrogen-bond acceptors (Lipinski definition) is 3. The van der Waals surface area contributed by atoms with Gasteiger partial charge in [0.05, 0.1) is 0 Å². The van der Waals surface area contributed by atoms with Gasteiger partial charge in [0.2, 0.25) is 11.8 Å². The van der Waals surface area contributed by atoms with E-state index in [0.29, 0.717) is 11.3 Å². The van der Waals surface area contributed by atoms with Gasteiger partial charge < -0.3 is 10.6 Å². The summed E-state index contributed by atoms with van der Waals surface area (Å²) in [5.41, 5.74) is 2.16.